The molecule has 5 heteroatoms. The van der Waals surface area contributed by atoms with Gasteiger partial charge in [-0.05, 0) is 19.1 Å². The number of nitrogens with zero attached hydrogens (tertiary/aromatic N) is 1. The van der Waals surface area contributed by atoms with E-state index in [1.165, 1.54) is 6.07 Å². The number of halogens is 2. The summed E-state index contributed by atoms with van der Waals surface area (Å²) in [7, 11) is 0. The fraction of sp³-hybridized carbons (Fsp3) is 0.375. The summed E-state index contributed by atoms with van der Waals surface area (Å²) in [6.07, 6.45) is -2.61. The molecule has 4 N–H and O–H groups in total. The van der Waals surface area contributed by atoms with E-state index in [1.807, 2.05) is 0 Å². The third-order valence-corrected chi connectivity index (χ3v) is 1.58. The molecule has 0 aromatic carbocycles. The highest BCUT2D eigenvalue weighted by Gasteiger charge is 2.12. The summed E-state index contributed by atoms with van der Waals surface area (Å²) in [5.74, 6) is 0. The maximum Gasteiger partial charge on any atom is 0.280 e. The fourth-order valence-electron chi connectivity index (χ4n) is 0.942. The van der Waals surface area contributed by atoms with E-state index >= 15 is 0 Å². The average Bonchev–Trinajstić information content (AvgIpc) is 2.03. The number of anilines is 1. The van der Waals surface area contributed by atoms with Gasteiger partial charge in [-0.2, -0.15) is 0 Å². The maximum absolute atomic E-state index is 12.2. The van der Waals surface area contributed by atoms with E-state index < -0.39 is 6.43 Å². The van der Waals surface area contributed by atoms with Gasteiger partial charge in [-0.3, -0.25) is 4.98 Å². The van der Waals surface area contributed by atoms with Gasteiger partial charge >= 0.3 is 0 Å². The molecule has 0 radical (unpaired) electrons. The molecular formula is C8H11F2N3. The summed E-state index contributed by atoms with van der Waals surface area (Å²) in [6.45, 7) is 1.66. The van der Waals surface area contributed by atoms with Crippen molar-refractivity contribution in [1.82, 2.24) is 4.98 Å². The number of hydrogen-bond donors (Lipinski definition) is 2. The van der Waals surface area contributed by atoms with E-state index in [1.54, 1.807) is 6.92 Å². The largest absolute Gasteiger partial charge is 0.399 e. The van der Waals surface area contributed by atoms with Crippen molar-refractivity contribution >= 4 is 5.69 Å². The van der Waals surface area contributed by atoms with Crippen LogP contribution in [-0.4, -0.2) is 4.98 Å². The zero-order valence-corrected chi connectivity index (χ0v) is 7.17. The molecule has 0 bridgehead atoms. The van der Waals surface area contributed by atoms with Crippen molar-refractivity contribution in [2.75, 3.05) is 5.73 Å². The van der Waals surface area contributed by atoms with Gasteiger partial charge in [0.15, 0.2) is 0 Å². The number of rotatable bonds is 2. The summed E-state index contributed by atoms with van der Waals surface area (Å²) >= 11 is 0. The van der Waals surface area contributed by atoms with Crippen LogP contribution in [0.25, 0.3) is 0 Å². The Morgan fingerprint density at radius 1 is 1.31 bits per heavy atom. The molecule has 0 aliphatic rings. The lowest BCUT2D eigenvalue weighted by molar-refractivity contribution is 0.146. The number of nitrogens with two attached hydrogens (primary N) is 2. The third-order valence-electron chi connectivity index (χ3n) is 1.58. The van der Waals surface area contributed by atoms with Crippen molar-refractivity contribution < 1.29 is 8.78 Å². The molecule has 1 unspecified atom stereocenters. The van der Waals surface area contributed by atoms with Gasteiger partial charge in [-0.25, -0.2) is 8.78 Å². The Bertz CT molecular complexity index is 273. The van der Waals surface area contributed by atoms with Gasteiger partial charge in [0.2, 0.25) is 0 Å². The molecule has 3 nitrogen and oxygen atoms in total. The lowest BCUT2D eigenvalue weighted by atomic mass is 10.2. The van der Waals surface area contributed by atoms with E-state index in [0.29, 0.717) is 5.69 Å². The normalized spacial score (nSPS) is 13.3. The first kappa shape index (κ1) is 9.85. The van der Waals surface area contributed by atoms with Crippen molar-refractivity contribution in [2.24, 2.45) is 5.73 Å². The highest BCUT2D eigenvalue weighted by Crippen LogP contribution is 2.21. The van der Waals surface area contributed by atoms with Crippen LogP contribution in [0.3, 0.4) is 0 Å². The van der Waals surface area contributed by atoms with Crippen LogP contribution in [0, 0.1) is 0 Å². The summed E-state index contributed by atoms with van der Waals surface area (Å²) in [4.78, 5) is 3.68. The van der Waals surface area contributed by atoms with Gasteiger partial charge < -0.3 is 11.5 Å². The monoisotopic (exact) mass is 187 g/mol. The number of alkyl halides is 2. The van der Waals surface area contributed by atoms with Crippen molar-refractivity contribution in [1.29, 1.82) is 0 Å². The van der Waals surface area contributed by atoms with Crippen LogP contribution in [-0.2, 0) is 0 Å². The highest BCUT2D eigenvalue weighted by atomic mass is 19.3. The second kappa shape index (κ2) is 3.66. The number of aromatic nitrogens is 1. The van der Waals surface area contributed by atoms with Crippen molar-refractivity contribution in [2.45, 2.75) is 19.4 Å². The second-order valence-electron chi connectivity index (χ2n) is 2.84. The van der Waals surface area contributed by atoms with Crippen LogP contribution in [0.4, 0.5) is 14.5 Å². The molecule has 72 valence electrons. The van der Waals surface area contributed by atoms with Crippen LogP contribution in [0.2, 0.25) is 0 Å². The molecular weight excluding hydrogens is 176 g/mol. The van der Waals surface area contributed by atoms with E-state index in [0.717, 1.165) is 6.07 Å². The Morgan fingerprint density at radius 2 is 1.85 bits per heavy atom. The zero-order valence-electron chi connectivity index (χ0n) is 7.17. The Labute approximate surface area is 74.8 Å². The molecule has 0 spiro atoms. The molecule has 1 aromatic heterocycles. The van der Waals surface area contributed by atoms with Crippen molar-refractivity contribution in [3.05, 3.63) is 23.5 Å². The van der Waals surface area contributed by atoms with E-state index in [4.69, 9.17) is 11.5 Å². The molecule has 0 fully saturated rings. The van der Waals surface area contributed by atoms with Gasteiger partial charge in [0.25, 0.3) is 6.43 Å². The first-order valence-electron chi connectivity index (χ1n) is 3.82. The second-order valence-corrected chi connectivity index (χ2v) is 2.84. The van der Waals surface area contributed by atoms with Crippen LogP contribution in [0.15, 0.2) is 12.1 Å². The molecule has 1 rings (SSSR count). The Balaban J connectivity index is 3.11. The van der Waals surface area contributed by atoms with Crippen LogP contribution < -0.4 is 11.5 Å². The first-order valence-corrected chi connectivity index (χ1v) is 3.82. The third kappa shape index (κ3) is 2.35. The van der Waals surface area contributed by atoms with Gasteiger partial charge in [0.1, 0.15) is 5.69 Å². The van der Waals surface area contributed by atoms with Crippen LogP contribution >= 0.6 is 0 Å². The molecule has 1 atom stereocenters. The molecule has 13 heavy (non-hydrogen) atoms. The smallest absolute Gasteiger partial charge is 0.280 e. The Kier molecular flexibility index (Phi) is 2.77. The lowest BCUT2D eigenvalue weighted by Crippen LogP contribution is -2.09. The van der Waals surface area contributed by atoms with Gasteiger partial charge in [0, 0.05) is 11.7 Å². The van der Waals surface area contributed by atoms with Crippen molar-refractivity contribution in [3.8, 4) is 0 Å². The standard InChI is InChI=1S/C8H11F2N3/c1-4(11)6-2-5(12)3-7(13-6)8(9)10/h2-4,8H,11H2,1H3,(H2,12,13). The van der Waals surface area contributed by atoms with Gasteiger partial charge in [-0.1, -0.05) is 0 Å². The van der Waals surface area contributed by atoms with E-state index in [9.17, 15) is 8.78 Å². The average molecular weight is 187 g/mol. The fourth-order valence-corrected chi connectivity index (χ4v) is 0.942. The highest BCUT2D eigenvalue weighted by molar-refractivity contribution is 5.41. The Hall–Kier alpha value is -1.23. The number of pyridine rings is 1. The van der Waals surface area contributed by atoms with E-state index in [2.05, 4.69) is 4.98 Å². The maximum atomic E-state index is 12.2. The SMILES string of the molecule is CC(N)c1cc(N)cc(C(F)F)n1. The predicted octanol–water partition coefficient (Wildman–Crippen LogP) is 1.62. The molecule has 0 saturated carbocycles. The summed E-state index contributed by atoms with van der Waals surface area (Å²) in [5, 5.41) is 0. The molecule has 1 aromatic rings. The molecule has 0 aliphatic heterocycles. The van der Waals surface area contributed by atoms with Crippen LogP contribution in [0.5, 0.6) is 0 Å². The van der Waals surface area contributed by atoms with Crippen molar-refractivity contribution in [3.63, 3.8) is 0 Å². The number of nitrogen functional groups attached to an aromatic ring is 1. The lowest BCUT2D eigenvalue weighted by Gasteiger charge is -2.08. The van der Waals surface area contributed by atoms with Gasteiger partial charge in [0.05, 0.1) is 5.69 Å². The Morgan fingerprint density at radius 3 is 2.31 bits per heavy atom. The molecule has 0 saturated heterocycles. The minimum atomic E-state index is -2.61. The van der Waals surface area contributed by atoms with Gasteiger partial charge in [-0.15, -0.1) is 0 Å². The van der Waals surface area contributed by atoms with Crippen LogP contribution in [0.1, 0.15) is 30.8 Å². The molecule has 1 heterocycles. The molecule has 0 amide bonds. The minimum Gasteiger partial charge on any atom is -0.399 e. The predicted molar refractivity (Wildman–Crippen MR) is 46.2 cm³/mol. The van der Waals surface area contributed by atoms with E-state index in [-0.39, 0.29) is 17.4 Å². The molecule has 0 aliphatic carbocycles. The topological polar surface area (TPSA) is 64.9 Å². The summed E-state index contributed by atoms with van der Waals surface area (Å²) < 4.78 is 24.5. The minimum absolute atomic E-state index is 0.262. The summed E-state index contributed by atoms with van der Waals surface area (Å²) in [5.41, 5.74) is 11.2. The zero-order chi connectivity index (χ0) is 10.0. The quantitative estimate of drug-likeness (QED) is 0.739. The first-order chi connectivity index (χ1) is 6.00. The summed E-state index contributed by atoms with van der Waals surface area (Å²) in [6, 6.07) is 2.26. The number of hydrogen-bond acceptors (Lipinski definition) is 3.